The minimum Gasteiger partial charge on any atom is -0.387 e. The van der Waals surface area contributed by atoms with Crippen LogP contribution >= 0.6 is 7.82 Å². The Labute approximate surface area is 141 Å². The minimum atomic E-state index is -3.51. The van der Waals surface area contributed by atoms with Crippen molar-refractivity contribution < 1.29 is 28.0 Å². The Morgan fingerprint density at radius 2 is 2.17 bits per heavy atom. The number of hydrogen-bond acceptors (Lipinski definition) is 6. The lowest BCUT2D eigenvalue weighted by Gasteiger charge is -2.30. The molecule has 1 fully saturated rings. The van der Waals surface area contributed by atoms with Crippen molar-refractivity contribution >= 4 is 7.82 Å². The first-order valence-electron chi connectivity index (χ1n) is 7.89. The Kier molecular flexibility index (Phi) is 6.00. The van der Waals surface area contributed by atoms with Crippen molar-refractivity contribution in [2.45, 2.75) is 31.3 Å². The summed E-state index contributed by atoms with van der Waals surface area (Å²) in [5, 5.41) is 9.97. The second kappa shape index (κ2) is 8.21. The van der Waals surface area contributed by atoms with Crippen LogP contribution < -0.4 is 0 Å². The number of benzene rings is 1. The molecule has 2 heterocycles. The molecule has 7 heteroatoms. The molecule has 1 aromatic carbocycles. The molecule has 0 saturated carbocycles. The van der Waals surface area contributed by atoms with E-state index in [1.54, 1.807) is 18.2 Å². The van der Waals surface area contributed by atoms with E-state index in [-0.39, 0.29) is 19.3 Å². The van der Waals surface area contributed by atoms with Gasteiger partial charge in [0.1, 0.15) is 0 Å². The first-order chi connectivity index (χ1) is 11.6. The molecule has 0 spiro atoms. The largest absolute Gasteiger partial charge is 0.476 e. The normalized spacial score (nSPS) is 31.0. The molecule has 4 atom stereocenters. The predicted octanol–water partition coefficient (Wildman–Crippen LogP) is 2.99. The van der Waals surface area contributed by atoms with E-state index in [0.717, 1.165) is 5.56 Å². The van der Waals surface area contributed by atoms with E-state index < -0.39 is 20.0 Å². The zero-order valence-electron chi connectivity index (χ0n) is 13.2. The molecule has 6 nitrogen and oxygen atoms in total. The molecule has 2 bridgehead atoms. The van der Waals surface area contributed by atoms with Gasteiger partial charge in [0.05, 0.1) is 38.1 Å². The van der Waals surface area contributed by atoms with Crippen LogP contribution in [0.5, 0.6) is 0 Å². The molecule has 0 radical (unpaired) electrons. The average Bonchev–Trinajstić information content (AvgIpc) is 2.71. The van der Waals surface area contributed by atoms with Crippen LogP contribution in [0, 0.1) is 0 Å². The molecule has 2 aliphatic heterocycles. The minimum absolute atomic E-state index is 0.173. The first kappa shape index (κ1) is 17.5. The van der Waals surface area contributed by atoms with E-state index in [1.165, 1.54) is 0 Å². The smallest absolute Gasteiger partial charge is 0.387 e. The second-order valence-electron chi connectivity index (χ2n) is 5.65. The van der Waals surface area contributed by atoms with Crippen LogP contribution in [0.4, 0.5) is 0 Å². The van der Waals surface area contributed by atoms with Crippen LogP contribution in [0.3, 0.4) is 0 Å². The highest BCUT2D eigenvalue weighted by molar-refractivity contribution is 7.48. The summed E-state index contributed by atoms with van der Waals surface area (Å²) < 4.78 is 33.5. The van der Waals surface area contributed by atoms with Gasteiger partial charge in [0, 0.05) is 6.42 Å². The van der Waals surface area contributed by atoms with Gasteiger partial charge in [-0.25, -0.2) is 4.57 Å². The van der Waals surface area contributed by atoms with E-state index in [0.29, 0.717) is 13.0 Å². The van der Waals surface area contributed by atoms with E-state index in [4.69, 9.17) is 18.3 Å². The molecule has 1 unspecified atom stereocenters. The van der Waals surface area contributed by atoms with Gasteiger partial charge in [-0.15, -0.1) is 0 Å². The molecule has 130 valence electrons. The van der Waals surface area contributed by atoms with Gasteiger partial charge in [-0.1, -0.05) is 54.6 Å². The fraction of sp³-hybridized carbons (Fsp3) is 0.412. The molecular formula is C17H21O6P. The molecule has 0 aliphatic carbocycles. The lowest BCUT2D eigenvalue weighted by molar-refractivity contribution is 0.0294. The molecule has 3 rings (SSSR count). The molecule has 24 heavy (non-hydrogen) atoms. The van der Waals surface area contributed by atoms with Gasteiger partial charge in [0.15, 0.2) is 0 Å². The van der Waals surface area contributed by atoms with Crippen molar-refractivity contribution in [3.8, 4) is 0 Å². The van der Waals surface area contributed by atoms with Crippen LogP contribution in [0.2, 0.25) is 0 Å². The zero-order chi connectivity index (χ0) is 16.8. The van der Waals surface area contributed by atoms with Gasteiger partial charge in [-0.2, -0.15) is 0 Å². The number of phosphoric acid groups is 1. The standard InChI is InChI=1S/C17H21O6P/c18-15(13-20-12-14-5-2-1-3-6-14)8-9-17-11-16-7-4-10-21-24(19,22-16)23-17/h1-9,15-18H,10-13H2/b9-8+/t15-,16+,17+,24?/m1/s1. The Balaban J connectivity index is 1.46. The Morgan fingerprint density at radius 1 is 1.33 bits per heavy atom. The fourth-order valence-corrected chi connectivity index (χ4v) is 3.90. The number of rotatable bonds is 6. The SMILES string of the molecule is O=P12OCC=C[C@@H](C[C@H](/C=C/[C@@H](O)COCc3ccccc3)O1)O2. The van der Waals surface area contributed by atoms with Crippen LogP contribution in [0.1, 0.15) is 12.0 Å². The highest BCUT2D eigenvalue weighted by Crippen LogP contribution is 2.56. The summed E-state index contributed by atoms with van der Waals surface area (Å²) in [5.74, 6) is 0. The Hall–Kier alpha value is -1.27. The summed E-state index contributed by atoms with van der Waals surface area (Å²) in [5.41, 5.74) is 1.05. The molecule has 1 aromatic rings. The van der Waals surface area contributed by atoms with Crippen molar-refractivity contribution in [2.24, 2.45) is 0 Å². The predicted molar refractivity (Wildman–Crippen MR) is 88.3 cm³/mol. The quantitative estimate of drug-likeness (QED) is 0.627. The maximum atomic E-state index is 12.2. The number of ether oxygens (including phenoxy) is 1. The molecular weight excluding hydrogens is 331 g/mol. The third-order valence-corrected chi connectivity index (χ3v) is 5.14. The van der Waals surface area contributed by atoms with Crippen LogP contribution in [0.15, 0.2) is 54.6 Å². The van der Waals surface area contributed by atoms with Crippen LogP contribution in [-0.4, -0.2) is 36.6 Å². The number of aliphatic hydroxyl groups excluding tert-OH is 1. The topological polar surface area (TPSA) is 74.2 Å². The van der Waals surface area contributed by atoms with Gasteiger partial charge in [-0.3, -0.25) is 13.6 Å². The monoisotopic (exact) mass is 352 g/mol. The summed E-state index contributed by atoms with van der Waals surface area (Å²) in [6, 6.07) is 9.75. The molecule has 1 saturated heterocycles. The third kappa shape index (κ3) is 5.11. The number of fused-ring (bicyclic) bond motifs is 2. The van der Waals surface area contributed by atoms with E-state index >= 15 is 0 Å². The van der Waals surface area contributed by atoms with Crippen molar-refractivity contribution in [2.75, 3.05) is 13.2 Å². The molecule has 0 amide bonds. The van der Waals surface area contributed by atoms with Gasteiger partial charge in [-0.05, 0) is 5.56 Å². The Morgan fingerprint density at radius 3 is 3.00 bits per heavy atom. The first-order valence-corrected chi connectivity index (χ1v) is 9.35. The number of phosphoric ester groups is 1. The third-order valence-electron chi connectivity index (χ3n) is 3.62. The number of aliphatic hydroxyl groups is 1. The second-order valence-corrected chi connectivity index (χ2v) is 7.22. The van der Waals surface area contributed by atoms with Crippen molar-refractivity contribution in [1.82, 2.24) is 0 Å². The van der Waals surface area contributed by atoms with Crippen molar-refractivity contribution in [3.05, 3.63) is 60.2 Å². The number of hydrogen-bond donors (Lipinski definition) is 1. The maximum absolute atomic E-state index is 12.2. The highest BCUT2D eigenvalue weighted by Gasteiger charge is 2.39. The molecule has 1 N–H and O–H groups in total. The lowest BCUT2D eigenvalue weighted by atomic mass is 10.1. The van der Waals surface area contributed by atoms with E-state index in [2.05, 4.69) is 0 Å². The van der Waals surface area contributed by atoms with Gasteiger partial charge >= 0.3 is 7.82 Å². The van der Waals surface area contributed by atoms with Crippen LogP contribution in [-0.2, 0) is 29.5 Å². The summed E-state index contributed by atoms with van der Waals surface area (Å²) in [7, 11) is -3.51. The zero-order valence-corrected chi connectivity index (χ0v) is 14.1. The van der Waals surface area contributed by atoms with Gasteiger partial charge < -0.3 is 9.84 Å². The summed E-state index contributed by atoms with van der Waals surface area (Å²) in [6.07, 6.45) is 5.89. The summed E-state index contributed by atoms with van der Waals surface area (Å²) >= 11 is 0. The Bertz CT molecular complexity index is 629. The molecule has 2 aliphatic rings. The van der Waals surface area contributed by atoms with Crippen molar-refractivity contribution in [1.29, 1.82) is 0 Å². The van der Waals surface area contributed by atoms with Crippen molar-refractivity contribution in [3.63, 3.8) is 0 Å². The van der Waals surface area contributed by atoms with Gasteiger partial charge in [0.25, 0.3) is 0 Å². The lowest BCUT2D eigenvalue weighted by Crippen LogP contribution is -2.26. The fourth-order valence-electron chi connectivity index (χ4n) is 2.48. The highest BCUT2D eigenvalue weighted by atomic mass is 31.2. The summed E-state index contributed by atoms with van der Waals surface area (Å²) in [6.45, 7) is 0.821. The molecule has 0 aromatic heterocycles. The van der Waals surface area contributed by atoms with Gasteiger partial charge in [0.2, 0.25) is 0 Å². The average molecular weight is 352 g/mol. The maximum Gasteiger partial charge on any atom is 0.476 e. The van der Waals surface area contributed by atoms with E-state index in [1.807, 2.05) is 36.4 Å². The summed E-state index contributed by atoms with van der Waals surface area (Å²) in [4.78, 5) is 0. The van der Waals surface area contributed by atoms with Crippen LogP contribution in [0.25, 0.3) is 0 Å². The van der Waals surface area contributed by atoms with E-state index in [9.17, 15) is 9.67 Å².